The van der Waals surface area contributed by atoms with Gasteiger partial charge in [-0.05, 0) is 32.0 Å². The smallest absolute Gasteiger partial charge is 0.243 e. The number of likely N-dealkylation sites (N-methyl/N-ethyl adjacent to an activating group) is 1. The van der Waals surface area contributed by atoms with Gasteiger partial charge in [0, 0.05) is 18.6 Å². The van der Waals surface area contributed by atoms with Crippen molar-refractivity contribution in [3.63, 3.8) is 0 Å². The molecule has 1 atom stereocenters. The Morgan fingerprint density at radius 1 is 1.50 bits per heavy atom. The molecule has 0 aromatic heterocycles. The summed E-state index contributed by atoms with van der Waals surface area (Å²) in [5, 5.41) is 0.344. The van der Waals surface area contributed by atoms with E-state index in [0.717, 1.165) is 0 Å². The number of anilines is 1. The van der Waals surface area contributed by atoms with E-state index >= 15 is 0 Å². The molecule has 1 rings (SSSR count). The summed E-state index contributed by atoms with van der Waals surface area (Å²) in [6, 6.07) is 3.21. The van der Waals surface area contributed by atoms with Gasteiger partial charge in [0.25, 0.3) is 0 Å². The number of nitrogens with two attached hydrogens (primary N) is 1. The molecule has 1 aromatic rings. The third kappa shape index (κ3) is 3.84. The second kappa shape index (κ2) is 6.43. The molecule has 1 amide bonds. The zero-order valence-corrected chi connectivity index (χ0v) is 13.1. The normalized spacial score (nSPS) is 13.0. The Morgan fingerprint density at radius 2 is 2.10 bits per heavy atom. The predicted molar refractivity (Wildman–Crippen MR) is 79.0 cm³/mol. The van der Waals surface area contributed by atoms with Crippen LogP contribution in [-0.4, -0.2) is 38.9 Å². The van der Waals surface area contributed by atoms with Crippen LogP contribution in [0.1, 0.15) is 13.8 Å². The summed E-state index contributed by atoms with van der Waals surface area (Å²) >= 11 is 5.73. The first-order chi connectivity index (χ1) is 9.19. The standard InChI is InChI=1S/C12H18ClN3O3S/c1-4-16(3)12(17)8(2)15-20(18,19)11-6-5-9(13)7-10(11)14/h5-8,15H,4,14H2,1-3H3. The Labute approximate surface area is 123 Å². The Morgan fingerprint density at radius 3 is 2.60 bits per heavy atom. The summed E-state index contributed by atoms with van der Waals surface area (Å²) in [6.07, 6.45) is 0. The molecule has 0 aliphatic carbocycles. The number of amides is 1. The van der Waals surface area contributed by atoms with E-state index in [0.29, 0.717) is 11.6 Å². The van der Waals surface area contributed by atoms with Crippen LogP contribution in [0.3, 0.4) is 0 Å². The predicted octanol–water partition coefficient (Wildman–Crippen LogP) is 1.07. The zero-order chi connectivity index (χ0) is 15.5. The lowest BCUT2D eigenvalue weighted by Gasteiger charge is -2.20. The van der Waals surface area contributed by atoms with Gasteiger partial charge in [-0.2, -0.15) is 4.72 Å². The van der Waals surface area contributed by atoms with Crippen molar-refractivity contribution in [1.82, 2.24) is 9.62 Å². The van der Waals surface area contributed by atoms with Gasteiger partial charge in [0.1, 0.15) is 4.90 Å². The fourth-order valence-electron chi connectivity index (χ4n) is 1.60. The number of nitrogen functional groups attached to an aromatic ring is 1. The summed E-state index contributed by atoms with van der Waals surface area (Å²) in [7, 11) is -2.27. The van der Waals surface area contributed by atoms with E-state index in [1.807, 2.05) is 0 Å². The lowest BCUT2D eigenvalue weighted by molar-refractivity contribution is -0.131. The molecule has 6 nitrogen and oxygen atoms in total. The van der Waals surface area contributed by atoms with Crippen LogP contribution in [0.4, 0.5) is 5.69 Å². The average Bonchev–Trinajstić information content (AvgIpc) is 2.35. The van der Waals surface area contributed by atoms with Crippen LogP contribution in [0.25, 0.3) is 0 Å². The molecule has 1 unspecified atom stereocenters. The Bertz CT molecular complexity index is 604. The topological polar surface area (TPSA) is 92.5 Å². The highest BCUT2D eigenvalue weighted by Crippen LogP contribution is 2.22. The fourth-order valence-corrected chi connectivity index (χ4v) is 3.09. The van der Waals surface area contributed by atoms with Crippen molar-refractivity contribution in [3.8, 4) is 0 Å². The molecule has 0 bridgehead atoms. The van der Waals surface area contributed by atoms with Crippen LogP contribution in [0.15, 0.2) is 23.1 Å². The van der Waals surface area contributed by atoms with Gasteiger partial charge in [0.2, 0.25) is 15.9 Å². The minimum absolute atomic E-state index is 0.0356. The summed E-state index contributed by atoms with van der Waals surface area (Å²) < 4.78 is 26.7. The average molecular weight is 320 g/mol. The van der Waals surface area contributed by atoms with Gasteiger partial charge in [-0.15, -0.1) is 0 Å². The third-order valence-electron chi connectivity index (χ3n) is 2.81. The van der Waals surface area contributed by atoms with E-state index in [9.17, 15) is 13.2 Å². The van der Waals surface area contributed by atoms with Crippen LogP contribution >= 0.6 is 11.6 Å². The van der Waals surface area contributed by atoms with Crippen LogP contribution in [0, 0.1) is 0 Å². The van der Waals surface area contributed by atoms with Crippen molar-refractivity contribution in [1.29, 1.82) is 0 Å². The number of rotatable bonds is 5. The molecule has 0 radical (unpaired) electrons. The molecule has 0 spiro atoms. The molecular weight excluding hydrogens is 302 g/mol. The van der Waals surface area contributed by atoms with Crippen LogP contribution in [0.5, 0.6) is 0 Å². The molecule has 0 heterocycles. The first kappa shape index (κ1) is 16.7. The molecule has 0 fully saturated rings. The van der Waals surface area contributed by atoms with E-state index in [1.54, 1.807) is 14.0 Å². The number of sulfonamides is 1. The maximum absolute atomic E-state index is 12.2. The lowest BCUT2D eigenvalue weighted by Crippen LogP contribution is -2.45. The fraction of sp³-hybridized carbons (Fsp3) is 0.417. The first-order valence-corrected chi connectivity index (χ1v) is 7.87. The van der Waals surface area contributed by atoms with Crippen molar-refractivity contribution in [2.45, 2.75) is 24.8 Å². The second-order valence-electron chi connectivity index (χ2n) is 4.38. The second-order valence-corrected chi connectivity index (χ2v) is 6.50. The van der Waals surface area contributed by atoms with E-state index in [-0.39, 0.29) is 16.5 Å². The first-order valence-electron chi connectivity index (χ1n) is 6.01. The Balaban J connectivity index is 2.98. The van der Waals surface area contributed by atoms with Gasteiger partial charge in [-0.1, -0.05) is 11.6 Å². The van der Waals surface area contributed by atoms with Crippen molar-refractivity contribution < 1.29 is 13.2 Å². The maximum atomic E-state index is 12.2. The Hall–Kier alpha value is -1.31. The lowest BCUT2D eigenvalue weighted by atomic mass is 10.3. The minimum atomic E-state index is -3.87. The maximum Gasteiger partial charge on any atom is 0.243 e. The van der Waals surface area contributed by atoms with Crippen LogP contribution < -0.4 is 10.5 Å². The van der Waals surface area contributed by atoms with E-state index < -0.39 is 16.1 Å². The van der Waals surface area contributed by atoms with Gasteiger partial charge in [-0.25, -0.2) is 8.42 Å². The third-order valence-corrected chi connectivity index (χ3v) is 4.66. The van der Waals surface area contributed by atoms with E-state index in [4.69, 9.17) is 17.3 Å². The Kier molecular flexibility index (Phi) is 5.38. The zero-order valence-electron chi connectivity index (χ0n) is 11.6. The minimum Gasteiger partial charge on any atom is -0.398 e. The summed E-state index contributed by atoms with van der Waals surface area (Å²) in [5.41, 5.74) is 5.68. The van der Waals surface area contributed by atoms with E-state index in [2.05, 4.69) is 4.72 Å². The number of nitrogens with one attached hydrogen (secondary N) is 1. The number of benzene rings is 1. The summed E-state index contributed by atoms with van der Waals surface area (Å²) in [4.78, 5) is 13.2. The molecule has 8 heteroatoms. The molecule has 0 saturated carbocycles. The highest BCUT2D eigenvalue weighted by Gasteiger charge is 2.25. The number of hydrogen-bond acceptors (Lipinski definition) is 4. The number of halogens is 1. The quantitative estimate of drug-likeness (QED) is 0.794. The molecule has 112 valence electrons. The highest BCUT2D eigenvalue weighted by molar-refractivity contribution is 7.89. The van der Waals surface area contributed by atoms with Crippen LogP contribution in [-0.2, 0) is 14.8 Å². The number of carbonyl (C=O) groups is 1. The van der Waals surface area contributed by atoms with Gasteiger partial charge in [0.15, 0.2) is 0 Å². The van der Waals surface area contributed by atoms with Crippen molar-refractivity contribution in [2.75, 3.05) is 19.3 Å². The summed E-state index contributed by atoms with van der Waals surface area (Å²) in [6.45, 7) is 3.78. The highest BCUT2D eigenvalue weighted by atomic mass is 35.5. The van der Waals surface area contributed by atoms with Crippen molar-refractivity contribution >= 4 is 33.2 Å². The molecule has 3 N–H and O–H groups in total. The molecular formula is C12H18ClN3O3S. The molecule has 0 aliphatic rings. The number of nitrogens with zero attached hydrogens (tertiary/aromatic N) is 1. The van der Waals surface area contributed by atoms with E-state index in [1.165, 1.54) is 30.0 Å². The van der Waals surface area contributed by atoms with Gasteiger partial charge in [-0.3, -0.25) is 4.79 Å². The van der Waals surface area contributed by atoms with Gasteiger partial charge >= 0.3 is 0 Å². The monoisotopic (exact) mass is 319 g/mol. The van der Waals surface area contributed by atoms with Crippen molar-refractivity contribution in [2.24, 2.45) is 0 Å². The van der Waals surface area contributed by atoms with Crippen LogP contribution in [0.2, 0.25) is 5.02 Å². The van der Waals surface area contributed by atoms with Gasteiger partial charge in [0.05, 0.1) is 11.7 Å². The number of hydrogen-bond donors (Lipinski definition) is 2. The molecule has 0 aliphatic heterocycles. The molecule has 0 saturated heterocycles. The SMILES string of the molecule is CCN(C)C(=O)C(C)NS(=O)(=O)c1ccc(Cl)cc1N. The largest absolute Gasteiger partial charge is 0.398 e. The number of carbonyl (C=O) groups excluding carboxylic acids is 1. The summed E-state index contributed by atoms with van der Waals surface area (Å²) in [5.74, 6) is -0.316. The van der Waals surface area contributed by atoms with Gasteiger partial charge < -0.3 is 10.6 Å². The molecule has 1 aromatic carbocycles. The van der Waals surface area contributed by atoms with Crippen molar-refractivity contribution in [3.05, 3.63) is 23.2 Å². The molecule has 20 heavy (non-hydrogen) atoms.